The fourth-order valence-electron chi connectivity index (χ4n) is 1.33. The molecule has 0 amide bonds. The zero-order valence-electron chi connectivity index (χ0n) is 7.78. The minimum absolute atomic E-state index is 0.461. The first-order valence-electron chi connectivity index (χ1n) is 4.01. The molecule has 6 heteroatoms. The minimum atomic E-state index is 0.461. The van der Waals surface area contributed by atoms with E-state index in [1.807, 2.05) is 6.92 Å². The van der Waals surface area contributed by atoms with Crippen molar-refractivity contribution < 1.29 is 4.52 Å². The van der Waals surface area contributed by atoms with Gasteiger partial charge < -0.3 is 10.3 Å². The van der Waals surface area contributed by atoms with Gasteiger partial charge in [-0.15, -0.1) is 0 Å². The predicted molar refractivity (Wildman–Crippen MR) is 52.9 cm³/mol. The number of nitrogens with zero attached hydrogens (tertiary/aromatic N) is 3. The third-order valence-electron chi connectivity index (χ3n) is 1.98. The Bertz CT molecular complexity index is 474. The Morgan fingerprint density at radius 2 is 2.29 bits per heavy atom. The van der Waals surface area contributed by atoms with Crippen LogP contribution < -0.4 is 5.73 Å². The number of nitrogens with two attached hydrogens (primary N) is 1. The van der Waals surface area contributed by atoms with Gasteiger partial charge in [0.05, 0.1) is 17.5 Å². The maximum atomic E-state index is 6.03. The second-order valence-corrected chi connectivity index (χ2v) is 3.34. The smallest absolute Gasteiger partial charge is 0.194 e. The Balaban J connectivity index is 2.68. The molecule has 2 aromatic heterocycles. The van der Waals surface area contributed by atoms with Crippen LogP contribution in [-0.4, -0.2) is 14.9 Å². The van der Waals surface area contributed by atoms with Crippen LogP contribution in [0.15, 0.2) is 10.7 Å². The van der Waals surface area contributed by atoms with Crippen molar-refractivity contribution in [2.45, 2.75) is 6.92 Å². The first-order valence-corrected chi connectivity index (χ1v) is 4.38. The molecule has 0 aliphatic carbocycles. The van der Waals surface area contributed by atoms with E-state index in [4.69, 9.17) is 21.9 Å². The van der Waals surface area contributed by atoms with Crippen LogP contribution in [0, 0.1) is 6.92 Å². The van der Waals surface area contributed by atoms with Crippen LogP contribution in [0.4, 0.5) is 5.69 Å². The van der Waals surface area contributed by atoms with Crippen molar-refractivity contribution in [3.8, 4) is 11.3 Å². The monoisotopic (exact) mass is 212 g/mol. The molecule has 0 saturated heterocycles. The summed E-state index contributed by atoms with van der Waals surface area (Å²) in [5, 5.41) is 8.23. The van der Waals surface area contributed by atoms with Crippen LogP contribution in [0.1, 0.15) is 5.69 Å². The summed E-state index contributed by atoms with van der Waals surface area (Å²) in [5.41, 5.74) is 7.59. The molecule has 14 heavy (non-hydrogen) atoms. The largest absolute Gasteiger partial charge is 0.394 e. The number of aryl methyl sites for hydroxylation is 2. The van der Waals surface area contributed by atoms with E-state index >= 15 is 0 Å². The standard InChI is InChI=1S/C8H9ClN4O/c1-4-6(8(9)13(2)12-4)7-5(10)3-11-14-7/h3H,10H2,1-2H3. The van der Waals surface area contributed by atoms with Gasteiger partial charge in [0.15, 0.2) is 5.76 Å². The number of rotatable bonds is 1. The van der Waals surface area contributed by atoms with Gasteiger partial charge in [0.2, 0.25) is 0 Å². The summed E-state index contributed by atoms with van der Waals surface area (Å²) in [6.45, 7) is 1.84. The number of anilines is 1. The quantitative estimate of drug-likeness (QED) is 0.780. The van der Waals surface area contributed by atoms with E-state index in [1.165, 1.54) is 6.20 Å². The van der Waals surface area contributed by atoms with Gasteiger partial charge in [-0.3, -0.25) is 4.68 Å². The lowest BCUT2D eigenvalue weighted by Crippen LogP contribution is -1.89. The van der Waals surface area contributed by atoms with Crippen molar-refractivity contribution in [2.75, 3.05) is 5.73 Å². The molecule has 0 aromatic carbocycles. The fourth-order valence-corrected chi connectivity index (χ4v) is 1.59. The van der Waals surface area contributed by atoms with E-state index < -0.39 is 0 Å². The molecular weight excluding hydrogens is 204 g/mol. The topological polar surface area (TPSA) is 69.9 Å². The molecule has 2 heterocycles. The summed E-state index contributed by atoms with van der Waals surface area (Å²) in [6, 6.07) is 0. The van der Waals surface area contributed by atoms with Gasteiger partial charge in [0.25, 0.3) is 0 Å². The molecule has 0 spiro atoms. The highest BCUT2D eigenvalue weighted by atomic mass is 35.5. The first-order chi connectivity index (χ1) is 6.61. The molecule has 0 bridgehead atoms. The number of hydrogen-bond donors (Lipinski definition) is 1. The van der Waals surface area contributed by atoms with Gasteiger partial charge >= 0.3 is 0 Å². The van der Waals surface area contributed by atoms with Gasteiger partial charge in [-0.25, -0.2) is 0 Å². The number of halogens is 1. The van der Waals surface area contributed by atoms with Gasteiger partial charge in [-0.1, -0.05) is 16.8 Å². The van der Waals surface area contributed by atoms with Crippen molar-refractivity contribution in [3.05, 3.63) is 17.0 Å². The SMILES string of the molecule is Cc1nn(C)c(Cl)c1-c1oncc1N. The summed E-state index contributed by atoms with van der Waals surface area (Å²) >= 11 is 6.03. The van der Waals surface area contributed by atoms with Crippen molar-refractivity contribution in [2.24, 2.45) is 7.05 Å². The van der Waals surface area contributed by atoms with Crippen LogP contribution in [0.5, 0.6) is 0 Å². The summed E-state index contributed by atoms with van der Waals surface area (Å²) in [5.74, 6) is 0.473. The van der Waals surface area contributed by atoms with Gasteiger partial charge in [-0.2, -0.15) is 5.10 Å². The molecule has 0 radical (unpaired) electrons. The Hall–Kier alpha value is -1.49. The third-order valence-corrected chi connectivity index (χ3v) is 2.41. The Morgan fingerprint density at radius 3 is 2.71 bits per heavy atom. The predicted octanol–water partition coefficient (Wildman–Crippen LogP) is 1.62. The Labute approximate surface area is 85.4 Å². The summed E-state index contributed by atoms with van der Waals surface area (Å²) < 4.78 is 6.58. The number of hydrogen-bond acceptors (Lipinski definition) is 4. The Kier molecular flexibility index (Phi) is 1.96. The second kappa shape index (κ2) is 3.02. The van der Waals surface area contributed by atoms with Crippen LogP contribution in [0.25, 0.3) is 11.3 Å². The van der Waals surface area contributed by atoms with E-state index in [2.05, 4.69) is 10.3 Å². The van der Waals surface area contributed by atoms with Crippen molar-refractivity contribution in [3.63, 3.8) is 0 Å². The van der Waals surface area contributed by atoms with E-state index in [0.29, 0.717) is 22.2 Å². The highest BCUT2D eigenvalue weighted by Crippen LogP contribution is 2.33. The zero-order valence-corrected chi connectivity index (χ0v) is 8.54. The molecule has 2 aromatic rings. The lowest BCUT2D eigenvalue weighted by molar-refractivity contribution is 0.432. The summed E-state index contributed by atoms with van der Waals surface area (Å²) in [4.78, 5) is 0. The lowest BCUT2D eigenvalue weighted by Gasteiger charge is -1.95. The first kappa shape index (κ1) is 9.08. The van der Waals surface area contributed by atoms with Gasteiger partial charge in [0.1, 0.15) is 10.8 Å². The average Bonchev–Trinajstić information content (AvgIpc) is 2.60. The molecule has 5 nitrogen and oxygen atoms in total. The van der Waals surface area contributed by atoms with E-state index in [0.717, 1.165) is 5.69 Å². The summed E-state index contributed by atoms with van der Waals surface area (Å²) in [7, 11) is 1.76. The molecule has 0 atom stereocenters. The van der Waals surface area contributed by atoms with Crippen LogP contribution >= 0.6 is 11.6 Å². The molecular formula is C8H9ClN4O. The molecule has 74 valence electrons. The maximum absolute atomic E-state index is 6.03. The van der Waals surface area contributed by atoms with Crippen molar-refractivity contribution in [1.29, 1.82) is 0 Å². The van der Waals surface area contributed by atoms with E-state index in [9.17, 15) is 0 Å². The normalized spacial score (nSPS) is 10.8. The number of aromatic nitrogens is 3. The molecule has 0 aliphatic heterocycles. The highest BCUT2D eigenvalue weighted by molar-refractivity contribution is 6.32. The zero-order chi connectivity index (χ0) is 10.3. The molecule has 2 rings (SSSR count). The maximum Gasteiger partial charge on any atom is 0.194 e. The lowest BCUT2D eigenvalue weighted by atomic mass is 10.2. The number of nitrogen functional groups attached to an aromatic ring is 1. The average molecular weight is 213 g/mol. The van der Waals surface area contributed by atoms with Crippen LogP contribution in [-0.2, 0) is 7.05 Å². The molecule has 0 saturated carbocycles. The second-order valence-electron chi connectivity index (χ2n) is 2.99. The molecule has 0 aliphatic rings. The molecule has 0 unspecified atom stereocenters. The third kappa shape index (κ3) is 1.17. The van der Waals surface area contributed by atoms with E-state index in [-0.39, 0.29) is 0 Å². The fraction of sp³-hybridized carbons (Fsp3) is 0.250. The Morgan fingerprint density at radius 1 is 1.57 bits per heavy atom. The van der Waals surface area contributed by atoms with Gasteiger partial charge in [0, 0.05) is 7.05 Å². The van der Waals surface area contributed by atoms with Crippen LogP contribution in [0.2, 0.25) is 5.15 Å². The molecule has 2 N–H and O–H groups in total. The van der Waals surface area contributed by atoms with E-state index in [1.54, 1.807) is 11.7 Å². The van der Waals surface area contributed by atoms with Crippen molar-refractivity contribution in [1.82, 2.24) is 14.9 Å². The molecule has 0 fully saturated rings. The summed E-state index contributed by atoms with van der Waals surface area (Å²) in [6.07, 6.45) is 1.44. The van der Waals surface area contributed by atoms with Crippen molar-refractivity contribution >= 4 is 17.3 Å². The highest BCUT2D eigenvalue weighted by Gasteiger charge is 2.19. The minimum Gasteiger partial charge on any atom is -0.394 e. The van der Waals surface area contributed by atoms with Crippen LogP contribution in [0.3, 0.4) is 0 Å². The van der Waals surface area contributed by atoms with Gasteiger partial charge in [-0.05, 0) is 6.92 Å².